The predicted octanol–water partition coefficient (Wildman–Crippen LogP) is 1.80. The quantitative estimate of drug-likeness (QED) is 0.749. The van der Waals surface area contributed by atoms with Crippen molar-refractivity contribution in [1.29, 1.82) is 0 Å². The molecular formula is C13H23N3O2S. The van der Waals surface area contributed by atoms with Crippen LogP contribution in [0, 0.1) is 0 Å². The van der Waals surface area contributed by atoms with Crippen LogP contribution in [0.4, 0.5) is 11.4 Å². The Kier molecular flexibility index (Phi) is 5.62. The molecule has 0 aliphatic heterocycles. The first-order valence-corrected chi connectivity index (χ1v) is 8.02. The van der Waals surface area contributed by atoms with E-state index in [9.17, 15) is 8.42 Å². The standard InChI is InChI=1S/C13H23N3O2S/c1-4-6-9-16(5-2)13-8-7-11(10-12(13)14)19(17,18)15-3/h7-8,10,15H,4-6,9,14H2,1-3H3. The molecule has 0 radical (unpaired) electrons. The summed E-state index contributed by atoms with van der Waals surface area (Å²) in [4.78, 5) is 2.36. The molecule has 3 N–H and O–H groups in total. The van der Waals surface area contributed by atoms with Gasteiger partial charge < -0.3 is 10.6 Å². The van der Waals surface area contributed by atoms with E-state index >= 15 is 0 Å². The van der Waals surface area contributed by atoms with E-state index in [2.05, 4.69) is 23.5 Å². The van der Waals surface area contributed by atoms with E-state index in [1.165, 1.54) is 13.1 Å². The van der Waals surface area contributed by atoms with Gasteiger partial charge in [0.2, 0.25) is 10.0 Å². The molecule has 108 valence electrons. The average Bonchev–Trinajstić information content (AvgIpc) is 2.40. The fourth-order valence-corrected chi connectivity index (χ4v) is 2.67. The maximum absolute atomic E-state index is 11.7. The van der Waals surface area contributed by atoms with Crippen molar-refractivity contribution in [2.75, 3.05) is 30.8 Å². The van der Waals surface area contributed by atoms with E-state index in [1.54, 1.807) is 12.1 Å². The summed E-state index contributed by atoms with van der Waals surface area (Å²) in [5.41, 5.74) is 7.38. The lowest BCUT2D eigenvalue weighted by Gasteiger charge is -2.24. The van der Waals surface area contributed by atoms with Crippen LogP contribution in [0.15, 0.2) is 23.1 Å². The zero-order valence-electron chi connectivity index (χ0n) is 11.8. The molecule has 0 saturated heterocycles. The normalized spacial score (nSPS) is 11.5. The van der Waals surface area contributed by atoms with E-state index in [0.717, 1.165) is 31.6 Å². The van der Waals surface area contributed by atoms with Gasteiger partial charge in [0.05, 0.1) is 16.3 Å². The van der Waals surface area contributed by atoms with Crippen molar-refractivity contribution in [1.82, 2.24) is 4.72 Å². The number of rotatable bonds is 7. The molecule has 19 heavy (non-hydrogen) atoms. The minimum atomic E-state index is -3.44. The van der Waals surface area contributed by atoms with Crippen LogP contribution >= 0.6 is 0 Å². The van der Waals surface area contributed by atoms with Gasteiger partial charge in [-0.2, -0.15) is 0 Å². The first-order valence-electron chi connectivity index (χ1n) is 6.54. The van der Waals surface area contributed by atoms with E-state index in [4.69, 9.17) is 5.73 Å². The molecule has 0 heterocycles. The fraction of sp³-hybridized carbons (Fsp3) is 0.538. The Morgan fingerprint density at radius 2 is 2.00 bits per heavy atom. The van der Waals surface area contributed by atoms with E-state index in [0.29, 0.717) is 5.69 Å². The van der Waals surface area contributed by atoms with Gasteiger partial charge in [-0.3, -0.25) is 0 Å². The maximum atomic E-state index is 11.7. The lowest BCUT2D eigenvalue weighted by molar-refractivity contribution is 0.588. The number of nitrogens with one attached hydrogen (secondary N) is 1. The first kappa shape index (κ1) is 15.8. The van der Waals surface area contributed by atoms with E-state index < -0.39 is 10.0 Å². The Balaban J connectivity index is 3.06. The van der Waals surface area contributed by atoms with Crippen LogP contribution in [0.2, 0.25) is 0 Å². The van der Waals surface area contributed by atoms with Crippen LogP contribution in [0.25, 0.3) is 0 Å². The summed E-state index contributed by atoms with van der Waals surface area (Å²) in [5, 5.41) is 0. The van der Waals surface area contributed by atoms with Crippen molar-refractivity contribution >= 4 is 21.4 Å². The SMILES string of the molecule is CCCCN(CC)c1ccc(S(=O)(=O)NC)cc1N. The molecule has 0 aromatic heterocycles. The van der Waals surface area contributed by atoms with Crippen LogP contribution in [0.3, 0.4) is 0 Å². The molecule has 0 unspecified atom stereocenters. The molecule has 0 spiro atoms. The van der Waals surface area contributed by atoms with Crippen LogP contribution in [-0.2, 0) is 10.0 Å². The van der Waals surface area contributed by atoms with E-state index in [-0.39, 0.29) is 4.90 Å². The van der Waals surface area contributed by atoms with Gasteiger partial charge >= 0.3 is 0 Å². The van der Waals surface area contributed by atoms with Crippen molar-refractivity contribution in [2.45, 2.75) is 31.6 Å². The number of nitrogens with zero attached hydrogens (tertiary/aromatic N) is 1. The largest absolute Gasteiger partial charge is 0.397 e. The molecule has 6 heteroatoms. The van der Waals surface area contributed by atoms with Crippen LogP contribution in [-0.4, -0.2) is 28.6 Å². The molecular weight excluding hydrogens is 262 g/mol. The van der Waals surface area contributed by atoms with Gasteiger partial charge in [0.15, 0.2) is 0 Å². The van der Waals surface area contributed by atoms with Crippen LogP contribution in [0.5, 0.6) is 0 Å². The molecule has 1 aromatic rings. The number of nitrogen functional groups attached to an aromatic ring is 1. The molecule has 0 amide bonds. The van der Waals surface area contributed by atoms with Crippen molar-refractivity contribution in [3.8, 4) is 0 Å². The zero-order chi connectivity index (χ0) is 14.5. The molecule has 5 nitrogen and oxygen atoms in total. The third-order valence-corrected chi connectivity index (χ3v) is 4.49. The van der Waals surface area contributed by atoms with Gasteiger partial charge in [-0.05, 0) is 38.6 Å². The Labute approximate surface area is 115 Å². The van der Waals surface area contributed by atoms with Gasteiger partial charge in [-0.25, -0.2) is 13.1 Å². The number of benzene rings is 1. The highest BCUT2D eigenvalue weighted by Gasteiger charge is 2.15. The number of sulfonamides is 1. The van der Waals surface area contributed by atoms with Gasteiger partial charge in [0, 0.05) is 13.1 Å². The molecule has 0 aliphatic rings. The molecule has 1 aromatic carbocycles. The summed E-state index contributed by atoms with van der Waals surface area (Å²) in [7, 11) is -2.05. The highest BCUT2D eigenvalue weighted by Crippen LogP contribution is 2.26. The summed E-state index contributed by atoms with van der Waals surface area (Å²) in [6.45, 7) is 5.98. The van der Waals surface area contributed by atoms with Crippen molar-refractivity contribution < 1.29 is 8.42 Å². The third kappa shape index (κ3) is 3.84. The van der Waals surface area contributed by atoms with Crippen molar-refractivity contribution in [3.63, 3.8) is 0 Å². The molecule has 0 saturated carbocycles. The summed E-state index contributed by atoms with van der Waals surface area (Å²) < 4.78 is 25.7. The van der Waals surface area contributed by atoms with Gasteiger partial charge in [0.1, 0.15) is 0 Å². The van der Waals surface area contributed by atoms with Gasteiger partial charge in [-0.1, -0.05) is 13.3 Å². The van der Waals surface area contributed by atoms with Crippen LogP contribution in [0.1, 0.15) is 26.7 Å². The van der Waals surface area contributed by atoms with Gasteiger partial charge in [0.25, 0.3) is 0 Å². The van der Waals surface area contributed by atoms with Crippen molar-refractivity contribution in [2.24, 2.45) is 0 Å². The second kappa shape index (κ2) is 6.77. The summed E-state index contributed by atoms with van der Waals surface area (Å²) >= 11 is 0. The molecule has 0 bridgehead atoms. The average molecular weight is 285 g/mol. The number of unbranched alkanes of at least 4 members (excludes halogenated alkanes) is 1. The lowest BCUT2D eigenvalue weighted by Crippen LogP contribution is -2.25. The number of hydrogen-bond acceptors (Lipinski definition) is 4. The monoisotopic (exact) mass is 285 g/mol. The summed E-state index contributed by atoms with van der Waals surface area (Å²) in [6, 6.07) is 4.88. The second-order valence-corrected chi connectivity index (χ2v) is 6.25. The minimum Gasteiger partial charge on any atom is -0.397 e. The van der Waals surface area contributed by atoms with E-state index in [1.807, 2.05) is 0 Å². The first-order chi connectivity index (χ1) is 8.96. The zero-order valence-corrected chi connectivity index (χ0v) is 12.6. The summed E-state index contributed by atoms with van der Waals surface area (Å²) in [6.07, 6.45) is 2.20. The molecule has 0 fully saturated rings. The predicted molar refractivity (Wildman–Crippen MR) is 79.9 cm³/mol. The van der Waals surface area contributed by atoms with Crippen LogP contribution < -0.4 is 15.4 Å². The highest BCUT2D eigenvalue weighted by molar-refractivity contribution is 7.89. The highest BCUT2D eigenvalue weighted by atomic mass is 32.2. The molecule has 0 aliphatic carbocycles. The Hall–Kier alpha value is -1.27. The second-order valence-electron chi connectivity index (χ2n) is 4.36. The molecule has 0 atom stereocenters. The lowest BCUT2D eigenvalue weighted by atomic mass is 10.2. The Morgan fingerprint density at radius 1 is 1.32 bits per heavy atom. The fourth-order valence-electron chi connectivity index (χ4n) is 1.90. The van der Waals surface area contributed by atoms with Crippen molar-refractivity contribution in [3.05, 3.63) is 18.2 Å². The smallest absolute Gasteiger partial charge is 0.240 e. The summed E-state index contributed by atoms with van der Waals surface area (Å²) in [5.74, 6) is 0. The third-order valence-electron chi connectivity index (χ3n) is 3.08. The Morgan fingerprint density at radius 3 is 2.47 bits per heavy atom. The minimum absolute atomic E-state index is 0.197. The maximum Gasteiger partial charge on any atom is 0.240 e. The number of nitrogens with two attached hydrogens (primary N) is 1. The Bertz CT molecular complexity index is 515. The molecule has 1 rings (SSSR count). The number of anilines is 2. The number of hydrogen-bond donors (Lipinski definition) is 2. The van der Waals surface area contributed by atoms with Gasteiger partial charge in [-0.15, -0.1) is 0 Å². The topological polar surface area (TPSA) is 75.4 Å².